The first-order chi connectivity index (χ1) is 9.70. The zero-order chi connectivity index (χ0) is 13.9. The molecule has 0 unspecified atom stereocenters. The third-order valence-electron chi connectivity index (χ3n) is 3.91. The fourth-order valence-corrected chi connectivity index (χ4v) is 2.47. The molecular formula is C16H21N3O. The Bertz CT molecular complexity index is 507. The second-order valence-electron chi connectivity index (χ2n) is 5.64. The summed E-state index contributed by atoms with van der Waals surface area (Å²) in [7, 11) is 0. The van der Waals surface area contributed by atoms with Crippen LogP contribution in [0.5, 0.6) is 0 Å². The van der Waals surface area contributed by atoms with Gasteiger partial charge in [0.25, 0.3) is 0 Å². The molecule has 2 N–H and O–H groups in total. The van der Waals surface area contributed by atoms with E-state index in [0.717, 1.165) is 31.7 Å². The summed E-state index contributed by atoms with van der Waals surface area (Å²) in [4.78, 5) is 16.8. The number of Topliss-reactive ketones (excluding diaryl/α,β-unsaturated/α-hetero) is 1. The van der Waals surface area contributed by atoms with Gasteiger partial charge in [-0.15, -0.1) is 0 Å². The van der Waals surface area contributed by atoms with E-state index < -0.39 is 0 Å². The number of carbonyl (C=O) groups excluding carboxylic acids is 1. The Labute approximate surface area is 119 Å². The van der Waals surface area contributed by atoms with E-state index in [4.69, 9.17) is 5.73 Å². The van der Waals surface area contributed by atoms with Crippen molar-refractivity contribution in [3.05, 3.63) is 41.6 Å². The van der Waals surface area contributed by atoms with Crippen LogP contribution in [0.15, 0.2) is 36.0 Å². The minimum Gasteiger partial charge on any atom is -0.399 e. The predicted molar refractivity (Wildman–Crippen MR) is 80.5 cm³/mol. The Kier molecular flexibility index (Phi) is 3.74. The Morgan fingerprint density at radius 3 is 2.35 bits per heavy atom. The average Bonchev–Trinajstić information content (AvgIpc) is 3.26. The van der Waals surface area contributed by atoms with Crippen LogP contribution < -0.4 is 5.73 Å². The molecule has 1 saturated heterocycles. The molecule has 1 heterocycles. The fourth-order valence-electron chi connectivity index (χ4n) is 2.47. The molecule has 1 aliphatic carbocycles. The lowest BCUT2D eigenvalue weighted by molar-refractivity contribution is 0.0888. The lowest BCUT2D eigenvalue weighted by Crippen LogP contribution is -2.45. The molecule has 4 nitrogen and oxygen atoms in total. The van der Waals surface area contributed by atoms with E-state index in [1.165, 1.54) is 12.8 Å². The van der Waals surface area contributed by atoms with Crippen molar-refractivity contribution in [1.29, 1.82) is 0 Å². The number of nitrogen functional groups attached to an aromatic ring is 1. The SMILES string of the molecule is Nc1ccc(C(=O)CN2CCN(C=C3CC3)CC2)cc1. The summed E-state index contributed by atoms with van der Waals surface area (Å²) in [5, 5.41) is 0. The number of piperazine rings is 1. The van der Waals surface area contributed by atoms with Gasteiger partial charge >= 0.3 is 0 Å². The molecule has 0 radical (unpaired) electrons. The normalized spacial score (nSPS) is 19.0. The number of hydrogen-bond acceptors (Lipinski definition) is 4. The molecule has 1 aliphatic heterocycles. The third-order valence-corrected chi connectivity index (χ3v) is 3.91. The highest BCUT2D eigenvalue weighted by atomic mass is 16.1. The number of allylic oxidation sites excluding steroid dienone is 1. The van der Waals surface area contributed by atoms with E-state index in [1.807, 2.05) is 12.1 Å². The molecule has 1 saturated carbocycles. The molecule has 20 heavy (non-hydrogen) atoms. The van der Waals surface area contributed by atoms with E-state index in [9.17, 15) is 4.79 Å². The monoisotopic (exact) mass is 271 g/mol. The van der Waals surface area contributed by atoms with Crippen molar-refractivity contribution in [3.63, 3.8) is 0 Å². The molecule has 1 aromatic rings. The van der Waals surface area contributed by atoms with E-state index in [0.29, 0.717) is 12.2 Å². The maximum absolute atomic E-state index is 12.2. The van der Waals surface area contributed by atoms with Crippen LogP contribution in [-0.4, -0.2) is 48.3 Å². The number of rotatable bonds is 4. The van der Waals surface area contributed by atoms with E-state index in [-0.39, 0.29) is 5.78 Å². The summed E-state index contributed by atoms with van der Waals surface area (Å²) in [6.07, 6.45) is 4.85. The van der Waals surface area contributed by atoms with E-state index in [2.05, 4.69) is 16.0 Å². The van der Waals surface area contributed by atoms with E-state index >= 15 is 0 Å². The highest BCUT2D eigenvalue weighted by Crippen LogP contribution is 2.28. The Morgan fingerprint density at radius 2 is 1.75 bits per heavy atom. The molecule has 0 bridgehead atoms. The standard InChI is InChI=1S/C16H21N3O/c17-15-5-3-14(4-6-15)16(20)12-19-9-7-18(8-10-19)11-13-1-2-13/h3-6,11H,1-2,7-10,12,17H2. The zero-order valence-corrected chi connectivity index (χ0v) is 11.7. The smallest absolute Gasteiger partial charge is 0.176 e. The average molecular weight is 271 g/mol. The van der Waals surface area contributed by atoms with Gasteiger partial charge in [-0.2, -0.15) is 0 Å². The number of anilines is 1. The molecule has 0 spiro atoms. The lowest BCUT2D eigenvalue weighted by Gasteiger charge is -2.33. The summed E-state index contributed by atoms with van der Waals surface area (Å²) < 4.78 is 0. The quantitative estimate of drug-likeness (QED) is 0.669. The van der Waals surface area contributed by atoms with Crippen LogP contribution in [0.4, 0.5) is 5.69 Å². The largest absolute Gasteiger partial charge is 0.399 e. The van der Waals surface area contributed by atoms with Gasteiger partial charge in [0.05, 0.1) is 6.54 Å². The third kappa shape index (κ3) is 3.39. The van der Waals surface area contributed by atoms with Crippen molar-refractivity contribution < 1.29 is 4.79 Å². The Morgan fingerprint density at radius 1 is 1.10 bits per heavy atom. The van der Waals surface area contributed by atoms with Crippen molar-refractivity contribution in [2.45, 2.75) is 12.8 Å². The van der Waals surface area contributed by atoms with Crippen LogP contribution in [0.2, 0.25) is 0 Å². The van der Waals surface area contributed by atoms with Gasteiger partial charge in [0, 0.05) is 37.4 Å². The highest BCUT2D eigenvalue weighted by molar-refractivity contribution is 5.97. The molecule has 2 fully saturated rings. The van der Waals surface area contributed by atoms with Gasteiger partial charge in [0.1, 0.15) is 0 Å². The molecule has 0 aromatic heterocycles. The van der Waals surface area contributed by atoms with E-state index in [1.54, 1.807) is 17.7 Å². The van der Waals surface area contributed by atoms with Crippen LogP contribution in [0.3, 0.4) is 0 Å². The van der Waals surface area contributed by atoms with Gasteiger partial charge in [0.15, 0.2) is 5.78 Å². The van der Waals surface area contributed by atoms with Gasteiger partial charge in [-0.05, 0) is 43.3 Å². The summed E-state index contributed by atoms with van der Waals surface area (Å²) in [6, 6.07) is 7.19. The first-order valence-corrected chi connectivity index (χ1v) is 7.25. The molecule has 0 amide bonds. The molecule has 0 atom stereocenters. The van der Waals surface area contributed by atoms with Gasteiger partial charge in [-0.25, -0.2) is 0 Å². The lowest BCUT2D eigenvalue weighted by atomic mass is 10.1. The molecule has 1 aromatic carbocycles. The highest BCUT2D eigenvalue weighted by Gasteiger charge is 2.20. The number of carbonyl (C=O) groups is 1. The summed E-state index contributed by atoms with van der Waals surface area (Å²) in [6.45, 7) is 4.49. The number of nitrogens with zero attached hydrogens (tertiary/aromatic N) is 2. The Balaban J connectivity index is 1.50. The van der Waals surface area contributed by atoms with Crippen LogP contribution in [0.1, 0.15) is 23.2 Å². The topological polar surface area (TPSA) is 49.6 Å². The second-order valence-corrected chi connectivity index (χ2v) is 5.64. The molecule has 106 valence electrons. The zero-order valence-electron chi connectivity index (χ0n) is 11.7. The second kappa shape index (κ2) is 5.67. The minimum absolute atomic E-state index is 0.180. The van der Waals surface area contributed by atoms with Crippen LogP contribution >= 0.6 is 0 Å². The van der Waals surface area contributed by atoms with Crippen LogP contribution in [0.25, 0.3) is 0 Å². The predicted octanol–water partition coefficient (Wildman–Crippen LogP) is 1.75. The number of benzene rings is 1. The van der Waals surface area contributed by atoms with Crippen LogP contribution in [0, 0.1) is 0 Å². The van der Waals surface area contributed by atoms with Gasteiger partial charge in [-0.3, -0.25) is 9.69 Å². The first-order valence-electron chi connectivity index (χ1n) is 7.25. The Hall–Kier alpha value is -1.81. The number of ketones is 1. The first kappa shape index (κ1) is 13.2. The summed E-state index contributed by atoms with van der Waals surface area (Å²) in [5.74, 6) is 0.180. The van der Waals surface area contributed by atoms with Crippen LogP contribution in [-0.2, 0) is 0 Å². The van der Waals surface area contributed by atoms with Crippen molar-refractivity contribution in [3.8, 4) is 0 Å². The number of nitrogens with two attached hydrogens (primary N) is 1. The maximum atomic E-state index is 12.2. The molecule has 4 heteroatoms. The minimum atomic E-state index is 0.180. The molecule has 2 aliphatic rings. The van der Waals surface area contributed by atoms with Crippen molar-refractivity contribution in [1.82, 2.24) is 9.80 Å². The maximum Gasteiger partial charge on any atom is 0.176 e. The van der Waals surface area contributed by atoms with Gasteiger partial charge < -0.3 is 10.6 Å². The summed E-state index contributed by atoms with van der Waals surface area (Å²) in [5.41, 5.74) is 8.65. The van der Waals surface area contributed by atoms with Gasteiger partial charge in [0.2, 0.25) is 0 Å². The van der Waals surface area contributed by atoms with Crippen molar-refractivity contribution in [2.75, 3.05) is 38.5 Å². The summed E-state index contributed by atoms with van der Waals surface area (Å²) >= 11 is 0. The van der Waals surface area contributed by atoms with Crippen molar-refractivity contribution >= 4 is 11.5 Å². The molecule has 3 rings (SSSR count). The van der Waals surface area contributed by atoms with Gasteiger partial charge in [-0.1, -0.05) is 5.57 Å². The number of hydrogen-bond donors (Lipinski definition) is 1. The fraction of sp³-hybridized carbons (Fsp3) is 0.438. The molecular weight excluding hydrogens is 250 g/mol. The van der Waals surface area contributed by atoms with Crippen molar-refractivity contribution in [2.24, 2.45) is 0 Å².